The molecule has 5 nitrogen and oxygen atoms in total. The van der Waals surface area contributed by atoms with Gasteiger partial charge in [0.15, 0.2) is 5.78 Å². The Morgan fingerprint density at radius 3 is 2.64 bits per heavy atom. The molecular weight excluding hydrogens is 338 g/mol. The van der Waals surface area contributed by atoms with Crippen LogP contribution in [-0.4, -0.2) is 17.5 Å². The van der Waals surface area contributed by atoms with E-state index in [1.807, 2.05) is 42.1 Å². The zero-order chi connectivity index (χ0) is 18.0. The molecule has 0 spiro atoms. The van der Waals surface area contributed by atoms with E-state index in [0.717, 1.165) is 17.0 Å². The fraction of sp³-hybridized carbons (Fsp3) is 0.158. The number of nitrogen functional groups attached to an aromatic ring is 1. The quantitative estimate of drug-likeness (QED) is 0.564. The molecule has 0 saturated heterocycles. The normalized spacial score (nSPS) is 10.7. The molecule has 3 rings (SSSR count). The molecule has 0 aliphatic carbocycles. The summed E-state index contributed by atoms with van der Waals surface area (Å²) >= 11 is 5.87. The third kappa shape index (κ3) is 3.51. The van der Waals surface area contributed by atoms with Crippen LogP contribution in [0.3, 0.4) is 0 Å². The van der Waals surface area contributed by atoms with Crippen LogP contribution in [0, 0.1) is 0 Å². The number of carbonyl (C=O) groups is 1. The minimum atomic E-state index is -0.0313. The molecule has 0 unspecified atom stereocenters. The lowest BCUT2D eigenvalue weighted by atomic mass is 10.1. The van der Waals surface area contributed by atoms with Crippen molar-refractivity contribution in [3.8, 4) is 17.0 Å². The van der Waals surface area contributed by atoms with E-state index in [9.17, 15) is 4.79 Å². The first-order valence-corrected chi connectivity index (χ1v) is 8.15. The van der Waals surface area contributed by atoms with Crippen LogP contribution >= 0.6 is 11.6 Å². The van der Waals surface area contributed by atoms with Crippen LogP contribution in [-0.2, 0) is 13.6 Å². The third-order valence-electron chi connectivity index (χ3n) is 4.12. The van der Waals surface area contributed by atoms with Crippen molar-refractivity contribution >= 4 is 23.3 Å². The monoisotopic (exact) mass is 356 g/mol. The van der Waals surface area contributed by atoms with Gasteiger partial charge in [-0.2, -0.15) is 0 Å². The predicted octanol–water partition coefficient (Wildman–Crippen LogP) is 3.11. The Kier molecular flexibility index (Phi) is 4.76. The molecule has 6 heteroatoms. The van der Waals surface area contributed by atoms with Crippen LogP contribution in [0.25, 0.3) is 11.3 Å². The number of hydrogen-bond donors (Lipinski definition) is 1. The van der Waals surface area contributed by atoms with Gasteiger partial charge in [-0.15, -0.1) is 0 Å². The van der Waals surface area contributed by atoms with Gasteiger partial charge in [0.2, 0.25) is 0 Å². The van der Waals surface area contributed by atoms with Crippen LogP contribution in [0.5, 0.6) is 5.75 Å². The molecular formula is C19H19ClN3O2+. The van der Waals surface area contributed by atoms with Crippen LogP contribution in [0.1, 0.15) is 10.4 Å². The molecule has 0 aliphatic rings. The van der Waals surface area contributed by atoms with Crippen LogP contribution in [0.2, 0.25) is 5.02 Å². The SMILES string of the molecule is COc1cccc(-c2c[n+](CC(=O)c3ccc(Cl)cc3)c(N)n2C)c1. The molecule has 128 valence electrons. The molecule has 0 amide bonds. The Morgan fingerprint density at radius 2 is 1.96 bits per heavy atom. The molecule has 3 aromatic rings. The fourth-order valence-electron chi connectivity index (χ4n) is 2.68. The number of halogens is 1. The number of methoxy groups -OCH3 is 1. The van der Waals surface area contributed by atoms with Gasteiger partial charge in [-0.3, -0.25) is 10.5 Å². The molecule has 25 heavy (non-hydrogen) atoms. The largest absolute Gasteiger partial charge is 0.497 e. The van der Waals surface area contributed by atoms with Crippen molar-refractivity contribution in [1.29, 1.82) is 0 Å². The average molecular weight is 357 g/mol. The van der Waals surface area contributed by atoms with Gasteiger partial charge in [0.1, 0.15) is 24.2 Å². The number of nitrogens with zero attached hydrogens (tertiary/aromatic N) is 2. The number of ether oxygens (including phenoxy) is 1. The summed E-state index contributed by atoms with van der Waals surface area (Å²) in [6.07, 6.45) is 1.87. The number of Topliss-reactive ketones (excluding diaryl/α,β-unsaturated/α-hetero) is 1. The Balaban J connectivity index is 1.90. The highest BCUT2D eigenvalue weighted by Gasteiger charge is 2.20. The summed E-state index contributed by atoms with van der Waals surface area (Å²) in [6, 6.07) is 14.5. The van der Waals surface area contributed by atoms with Gasteiger partial charge in [-0.25, -0.2) is 9.13 Å². The van der Waals surface area contributed by atoms with Crippen molar-refractivity contribution in [2.24, 2.45) is 7.05 Å². The number of ketones is 1. The number of anilines is 1. The van der Waals surface area contributed by atoms with Gasteiger partial charge < -0.3 is 4.74 Å². The number of benzene rings is 2. The maximum absolute atomic E-state index is 12.5. The summed E-state index contributed by atoms with van der Waals surface area (Å²) in [4.78, 5) is 12.5. The van der Waals surface area contributed by atoms with Gasteiger partial charge >= 0.3 is 5.95 Å². The Labute approximate surface area is 151 Å². The van der Waals surface area contributed by atoms with E-state index in [4.69, 9.17) is 22.1 Å². The summed E-state index contributed by atoms with van der Waals surface area (Å²) < 4.78 is 8.87. The second-order valence-electron chi connectivity index (χ2n) is 5.72. The van der Waals surface area contributed by atoms with Crippen molar-refractivity contribution in [2.75, 3.05) is 12.8 Å². The maximum atomic E-state index is 12.5. The molecule has 0 atom stereocenters. The lowest BCUT2D eigenvalue weighted by Crippen LogP contribution is -2.39. The van der Waals surface area contributed by atoms with Crippen molar-refractivity contribution in [2.45, 2.75) is 6.54 Å². The van der Waals surface area contributed by atoms with E-state index >= 15 is 0 Å². The molecule has 0 bridgehead atoms. The van der Waals surface area contributed by atoms with Gasteiger partial charge in [0.05, 0.1) is 14.2 Å². The number of imidazole rings is 1. The van der Waals surface area contributed by atoms with E-state index < -0.39 is 0 Å². The fourth-order valence-corrected chi connectivity index (χ4v) is 2.80. The predicted molar refractivity (Wildman–Crippen MR) is 97.8 cm³/mol. The van der Waals surface area contributed by atoms with E-state index in [1.54, 1.807) is 35.9 Å². The number of hydrogen-bond acceptors (Lipinski definition) is 3. The second-order valence-corrected chi connectivity index (χ2v) is 6.16. The minimum Gasteiger partial charge on any atom is -0.497 e. The van der Waals surface area contributed by atoms with E-state index in [0.29, 0.717) is 16.5 Å². The topological polar surface area (TPSA) is 61.1 Å². The molecule has 1 heterocycles. The number of rotatable bonds is 5. The second kappa shape index (κ2) is 6.99. The van der Waals surface area contributed by atoms with Gasteiger partial charge in [-0.1, -0.05) is 23.7 Å². The first-order valence-electron chi connectivity index (χ1n) is 7.77. The molecule has 2 N–H and O–H groups in total. The van der Waals surface area contributed by atoms with E-state index in [2.05, 4.69) is 0 Å². The average Bonchev–Trinajstić information content (AvgIpc) is 2.90. The molecule has 0 fully saturated rings. The van der Waals surface area contributed by atoms with Crippen LogP contribution in [0.15, 0.2) is 54.7 Å². The summed E-state index contributed by atoms with van der Waals surface area (Å²) in [5, 5.41) is 0.601. The standard InChI is InChI=1S/C19H18ClN3O2/c1-22-17(14-4-3-5-16(10-14)25-2)11-23(19(22)21)12-18(24)13-6-8-15(20)9-7-13/h3-11,21H,12H2,1-2H3/p+1. The third-order valence-corrected chi connectivity index (χ3v) is 4.38. The highest BCUT2D eigenvalue weighted by molar-refractivity contribution is 6.30. The van der Waals surface area contributed by atoms with Crippen LogP contribution in [0.4, 0.5) is 5.95 Å². The molecule has 0 radical (unpaired) electrons. The Hall–Kier alpha value is -2.79. The number of carbonyl (C=O) groups excluding carboxylic acids is 1. The first-order chi connectivity index (χ1) is 12.0. The van der Waals surface area contributed by atoms with Crippen LogP contribution < -0.4 is 15.0 Å². The molecule has 0 saturated carbocycles. The summed E-state index contributed by atoms with van der Waals surface area (Å²) in [5.74, 6) is 1.23. The number of aromatic nitrogens is 2. The Bertz CT molecular complexity index is 917. The molecule has 2 aromatic carbocycles. The zero-order valence-electron chi connectivity index (χ0n) is 14.1. The summed E-state index contributed by atoms with van der Waals surface area (Å²) in [6.45, 7) is 0.158. The first kappa shape index (κ1) is 17.0. The molecule has 0 aliphatic heterocycles. The Morgan fingerprint density at radius 1 is 1.24 bits per heavy atom. The smallest absolute Gasteiger partial charge is 0.355 e. The highest BCUT2D eigenvalue weighted by atomic mass is 35.5. The summed E-state index contributed by atoms with van der Waals surface area (Å²) in [5.41, 5.74) is 8.65. The lowest BCUT2D eigenvalue weighted by Gasteiger charge is -2.02. The van der Waals surface area contributed by atoms with Crippen molar-refractivity contribution in [3.05, 3.63) is 65.3 Å². The van der Waals surface area contributed by atoms with Gasteiger partial charge in [0, 0.05) is 16.1 Å². The minimum absolute atomic E-state index is 0.0313. The summed E-state index contributed by atoms with van der Waals surface area (Å²) in [7, 11) is 3.50. The zero-order valence-corrected chi connectivity index (χ0v) is 14.8. The van der Waals surface area contributed by atoms with E-state index in [-0.39, 0.29) is 12.3 Å². The van der Waals surface area contributed by atoms with Crippen molar-refractivity contribution in [1.82, 2.24) is 4.57 Å². The van der Waals surface area contributed by atoms with Gasteiger partial charge in [0.25, 0.3) is 0 Å². The molecule has 1 aromatic heterocycles. The number of nitrogens with two attached hydrogens (primary N) is 1. The van der Waals surface area contributed by atoms with Crippen molar-refractivity contribution in [3.63, 3.8) is 0 Å². The highest BCUT2D eigenvalue weighted by Crippen LogP contribution is 2.24. The van der Waals surface area contributed by atoms with Crippen molar-refractivity contribution < 1.29 is 14.1 Å². The van der Waals surface area contributed by atoms with Gasteiger partial charge in [-0.05, 0) is 36.4 Å². The van der Waals surface area contributed by atoms with E-state index in [1.165, 1.54) is 0 Å². The maximum Gasteiger partial charge on any atom is 0.355 e. The lowest BCUT2D eigenvalue weighted by molar-refractivity contribution is -0.667.